The zero-order valence-corrected chi connectivity index (χ0v) is 5.78. The molecule has 0 spiro atoms. The summed E-state index contributed by atoms with van der Waals surface area (Å²) in [5.74, 6) is -3.56. The van der Waals surface area contributed by atoms with Crippen molar-refractivity contribution in [1.82, 2.24) is 0 Å². The maximum atomic E-state index is 12.1. The third kappa shape index (κ3) is 2.56. The molecule has 0 aliphatic heterocycles. The molecular formula is C6H11F3O. The van der Waals surface area contributed by atoms with Crippen molar-refractivity contribution in [2.45, 2.75) is 31.8 Å². The molecule has 1 nitrogen and oxygen atoms in total. The molecule has 0 saturated carbocycles. The van der Waals surface area contributed by atoms with Crippen molar-refractivity contribution >= 4 is 0 Å². The van der Waals surface area contributed by atoms with Gasteiger partial charge in [0.2, 0.25) is 0 Å². The minimum atomic E-state index is -3.56. The highest BCUT2D eigenvalue weighted by Crippen LogP contribution is 2.22. The van der Waals surface area contributed by atoms with Crippen LogP contribution in [0.15, 0.2) is 0 Å². The lowest BCUT2D eigenvalue weighted by molar-refractivity contribution is -0.122. The Hall–Kier alpha value is -0.250. The average molecular weight is 156 g/mol. The van der Waals surface area contributed by atoms with E-state index in [2.05, 4.69) is 0 Å². The van der Waals surface area contributed by atoms with E-state index in [1.54, 1.807) is 6.92 Å². The summed E-state index contributed by atoms with van der Waals surface area (Å²) in [6, 6.07) is 0. The third-order valence-corrected chi connectivity index (χ3v) is 1.23. The molecule has 10 heavy (non-hydrogen) atoms. The summed E-state index contributed by atoms with van der Waals surface area (Å²) < 4.78 is 35.7. The summed E-state index contributed by atoms with van der Waals surface area (Å²) >= 11 is 0. The minimum absolute atomic E-state index is 0.0586. The lowest BCUT2D eigenvalue weighted by atomic mass is 10.1. The maximum Gasteiger partial charge on any atom is 0.301 e. The van der Waals surface area contributed by atoms with E-state index >= 15 is 0 Å². The molecule has 0 aliphatic rings. The average Bonchev–Trinajstić information content (AvgIpc) is 1.89. The third-order valence-electron chi connectivity index (χ3n) is 1.23. The van der Waals surface area contributed by atoms with E-state index in [0.29, 0.717) is 6.42 Å². The van der Waals surface area contributed by atoms with E-state index in [1.807, 2.05) is 0 Å². The Morgan fingerprint density at radius 3 is 2.30 bits per heavy atom. The minimum Gasteiger partial charge on any atom is -0.387 e. The molecule has 4 heteroatoms. The van der Waals surface area contributed by atoms with Gasteiger partial charge in [-0.05, 0) is 6.42 Å². The lowest BCUT2D eigenvalue weighted by Crippen LogP contribution is -2.35. The summed E-state index contributed by atoms with van der Waals surface area (Å²) in [6.07, 6.45) is -1.46. The lowest BCUT2D eigenvalue weighted by Gasteiger charge is -2.18. The first kappa shape index (κ1) is 9.75. The second-order valence-corrected chi connectivity index (χ2v) is 2.20. The molecule has 0 aromatic carbocycles. The van der Waals surface area contributed by atoms with Crippen molar-refractivity contribution in [3.63, 3.8) is 0 Å². The molecule has 0 fully saturated rings. The van der Waals surface area contributed by atoms with Gasteiger partial charge in [-0.25, -0.2) is 13.2 Å². The SMILES string of the molecule is CCC[C@H](O)C(F)(F)CF. The highest BCUT2D eigenvalue weighted by atomic mass is 19.3. The molecule has 0 aromatic rings. The van der Waals surface area contributed by atoms with E-state index in [0.717, 1.165) is 0 Å². The molecule has 0 unspecified atom stereocenters. The number of rotatable bonds is 4. The summed E-state index contributed by atoms with van der Waals surface area (Å²) in [5.41, 5.74) is 0. The highest BCUT2D eigenvalue weighted by Gasteiger charge is 2.37. The Morgan fingerprint density at radius 2 is 2.00 bits per heavy atom. The number of aliphatic hydroxyl groups excluding tert-OH is 1. The van der Waals surface area contributed by atoms with E-state index in [4.69, 9.17) is 5.11 Å². The van der Waals surface area contributed by atoms with Crippen molar-refractivity contribution in [1.29, 1.82) is 0 Å². The Balaban J connectivity index is 3.78. The van der Waals surface area contributed by atoms with Crippen LogP contribution in [0.4, 0.5) is 13.2 Å². The second-order valence-electron chi connectivity index (χ2n) is 2.20. The van der Waals surface area contributed by atoms with Gasteiger partial charge in [0, 0.05) is 0 Å². The molecule has 0 rings (SSSR count). The summed E-state index contributed by atoms with van der Waals surface area (Å²) in [6.45, 7) is -0.133. The smallest absolute Gasteiger partial charge is 0.301 e. The summed E-state index contributed by atoms with van der Waals surface area (Å²) in [4.78, 5) is 0. The van der Waals surface area contributed by atoms with Crippen LogP contribution in [0.5, 0.6) is 0 Å². The van der Waals surface area contributed by atoms with Gasteiger partial charge >= 0.3 is 5.92 Å². The van der Waals surface area contributed by atoms with Crippen LogP contribution >= 0.6 is 0 Å². The van der Waals surface area contributed by atoms with Gasteiger partial charge in [-0.2, -0.15) is 0 Å². The first-order valence-electron chi connectivity index (χ1n) is 3.16. The molecule has 0 amide bonds. The molecule has 0 heterocycles. The summed E-state index contributed by atoms with van der Waals surface area (Å²) in [5, 5.41) is 8.59. The van der Waals surface area contributed by atoms with Crippen molar-refractivity contribution in [3.05, 3.63) is 0 Å². The molecule has 1 N–H and O–H groups in total. The van der Waals surface area contributed by atoms with Gasteiger partial charge in [0.15, 0.2) is 6.67 Å². The largest absolute Gasteiger partial charge is 0.387 e. The normalized spacial score (nSPS) is 15.3. The second kappa shape index (κ2) is 3.81. The molecular weight excluding hydrogens is 145 g/mol. The fraction of sp³-hybridized carbons (Fsp3) is 1.00. The van der Waals surface area contributed by atoms with Gasteiger partial charge in [-0.1, -0.05) is 13.3 Å². The molecule has 0 aromatic heterocycles. The summed E-state index contributed by atoms with van der Waals surface area (Å²) in [7, 11) is 0. The molecule has 62 valence electrons. The van der Waals surface area contributed by atoms with Crippen LogP contribution < -0.4 is 0 Å². The van der Waals surface area contributed by atoms with Crippen molar-refractivity contribution in [2.75, 3.05) is 6.67 Å². The van der Waals surface area contributed by atoms with E-state index in [9.17, 15) is 13.2 Å². The predicted octanol–water partition coefficient (Wildman–Crippen LogP) is 1.75. The van der Waals surface area contributed by atoms with E-state index in [1.165, 1.54) is 0 Å². The number of hydrogen-bond acceptors (Lipinski definition) is 1. The predicted molar refractivity (Wildman–Crippen MR) is 31.8 cm³/mol. The van der Waals surface area contributed by atoms with Crippen LogP contribution in [0, 0.1) is 0 Å². The molecule has 1 atom stereocenters. The van der Waals surface area contributed by atoms with Gasteiger partial charge in [0.25, 0.3) is 0 Å². The van der Waals surface area contributed by atoms with E-state index < -0.39 is 18.7 Å². The molecule has 0 bridgehead atoms. The highest BCUT2D eigenvalue weighted by molar-refractivity contribution is 4.74. The topological polar surface area (TPSA) is 20.2 Å². The maximum absolute atomic E-state index is 12.1. The monoisotopic (exact) mass is 156 g/mol. The standard InChI is InChI=1S/C6H11F3O/c1-2-3-5(10)6(8,9)4-7/h5,10H,2-4H2,1H3/t5-/m0/s1. The number of hydrogen-bond donors (Lipinski definition) is 1. The van der Waals surface area contributed by atoms with Gasteiger partial charge in [0.1, 0.15) is 6.10 Å². The van der Waals surface area contributed by atoms with Crippen LogP contribution in [0.2, 0.25) is 0 Å². The first-order chi connectivity index (χ1) is 4.54. The molecule has 0 aliphatic carbocycles. The van der Waals surface area contributed by atoms with Gasteiger partial charge in [-0.15, -0.1) is 0 Å². The quantitative estimate of drug-likeness (QED) is 0.657. The van der Waals surface area contributed by atoms with Crippen molar-refractivity contribution in [2.24, 2.45) is 0 Å². The molecule has 0 saturated heterocycles. The van der Waals surface area contributed by atoms with Crippen LogP contribution in [-0.4, -0.2) is 23.8 Å². The van der Waals surface area contributed by atoms with Crippen LogP contribution in [-0.2, 0) is 0 Å². The number of halogens is 3. The van der Waals surface area contributed by atoms with E-state index in [-0.39, 0.29) is 6.42 Å². The van der Waals surface area contributed by atoms with Gasteiger partial charge < -0.3 is 5.11 Å². The van der Waals surface area contributed by atoms with Crippen molar-refractivity contribution in [3.8, 4) is 0 Å². The number of alkyl halides is 3. The fourth-order valence-electron chi connectivity index (χ4n) is 0.574. The van der Waals surface area contributed by atoms with Gasteiger partial charge in [-0.3, -0.25) is 0 Å². The van der Waals surface area contributed by atoms with Gasteiger partial charge in [0.05, 0.1) is 0 Å². The Labute approximate surface area is 57.9 Å². The fourth-order valence-corrected chi connectivity index (χ4v) is 0.574. The Morgan fingerprint density at radius 1 is 1.50 bits per heavy atom. The van der Waals surface area contributed by atoms with Crippen LogP contribution in [0.25, 0.3) is 0 Å². The Kier molecular flexibility index (Phi) is 3.71. The number of aliphatic hydroxyl groups is 1. The molecule has 0 radical (unpaired) electrons. The zero-order chi connectivity index (χ0) is 8.20. The zero-order valence-electron chi connectivity index (χ0n) is 5.78. The van der Waals surface area contributed by atoms with Crippen molar-refractivity contribution < 1.29 is 18.3 Å². The Bertz CT molecular complexity index is 95.0. The van der Waals surface area contributed by atoms with Crippen LogP contribution in [0.3, 0.4) is 0 Å². The first-order valence-corrected chi connectivity index (χ1v) is 3.16. The van der Waals surface area contributed by atoms with Crippen LogP contribution in [0.1, 0.15) is 19.8 Å².